The molecule has 1 heteroatoms. The third kappa shape index (κ3) is 11.9. The van der Waals surface area contributed by atoms with Gasteiger partial charge in [-0.05, 0) is 18.6 Å². The normalized spacial score (nSPS) is 9.57. The van der Waals surface area contributed by atoms with Crippen molar-refractivity contribution in [1.82, 2.24) is 0 Å². The van der Waals surface area contributed by atoms with Crippen molar-refractivity contribution >= 4 is 11.8 Å². The average Bonchev–Trinajstić information content (AvgIpc) is 2.21. The Balaban J connectivity index is 2.87. The first-order valence-corrected chi connectivity index (χ1v) is 6.94. The minimum absolute atomic E-state index is 1.22. The van der Waals surface area contributed by atoms with Crippen molar-refractivity contribution in [2.75, 3.05) is 5.75 Å². The third-order valence-electron chi connectivity index (χ3n) is 2.27. The first-order valence-electron chi connectivity index (χ1n) is 5.95. The Hall–Kier alpha value is -0.0900. The van der Waals surface area contributed by atoms with Gasteiger partial charge in [-0.2, -0.15) is 0 Å². The molecule has 0 aromatic carbocycles. The van der Waals surface area contributed by atoms with Gasteiger partial charge in [0.1, 0.15) is 0 Å². The molecule has 0 aromatic heterocycles. The van der Waals surface area contributed by atoms with Crippen molar-refractivity contribution in [2.45, 2.75) is 65.2 Å². The monoisotopic (exact) mass is 212 g/mol. The van der Waals surface area contributed by atoms with Crippen LogP contribution in [0.2, 0.25) is 0 Å². The van der Waals surface area contributed by atoms with E-state index in [2.05, 4.69) is 18.1 Å². The van der Waals surface area contributed by atoms with E-state index < -0.39 is 0 Å². The lowest BCUT2D eigenvalue weighted by atomic mass is 10.1. The summed E-state index contributed by atoms with van der Waals surface area (Å²) >= 11 is 1.76. The summed E-state index contributed by atoms with van der Waals surface area (Å²) in [5, 5.41) is 3.03. The fraction of sp³-hybridized carbons (Fsp3) is 0.846. The molecule has 0 rings (SSSR count). The van der Waals surface area contributed by atoms with E-state index in [4.69, 9.17) is 0 Å². The maximum absolute atomic E-state index is 3.03. The van der Waals surface area contributed by atoms with Crippen LogP contribution in [-0.4, -0.2) is 5.75 Å². The highest BCUT2D eigenvalue weighted by Crippen LogP contribution is 2.10. The Morgan fingerprint density at radius 3 is 2.00 bits per heavy atom. The lowest BCUT2D eigenvalue weighted by molar-refractivity contribution is 0.586. The summed E-state index contributed by atoms with van der Waals surface area (Å²) in [6.07, 6.45) is 11.2. The highest BCUT2D eigenvalue weighted by molar-refractivity contribution is 8.03. The van der Waals surface area contributed by atoms with Crippen LogP contribution in [0.3, 0.4) is 0 Å². The number of hydrogen-bond donors (Lipinski definition) is 0. The number of unbranched alkanes of at least 4 members (excludes halogenated alkanes) is 7. The Morgan fingerprint density at radius 2 is 1.43 bits per heavy atom. The quantitative estimate of drug-likeness (QED) is 0.389. The summed E-state index contributed by atoms with van der Waals surface area (Å²) in [6, 6.07) is 0. The van der Waals surface area contributed by atoms with E-state index in [1.165, 1.54) is 57.1 Å². The van der Waals surface area contributed by atoms with Crippen molar-refractivity contribution in [2.24, 2.45) is 0 Å². The highest BCUT2D eigenvalue weighted by atomic mass is 32.2. The van der Waals surface area contributed by atoms with Gasteiger partial charge in [-0.15, -0.1) is 0 Å². The van der Waals surface area contributed by atoms with Gasteiger partial charge in [0.15, 0.2) is 0 Å². The van der Waals surface area contributed by atoms with E-state index in [1.54, 1.807) is 11.8 Å². The van der Waals surface area contributed by atoms with Gasteiger partial charge in [-0.3, -0.25) is 0 Å². The molecule has 0 unspecified atom stereocenters. The SMILES string of the molecule is CC#CSCCCCCCCCCC. The van der Waals surface area contributed by atoms with Gasteiger partial charge in [0, 0.05) is 5.75 Å². The van der Waals surface area contributed by atoms with E-state index in [-0.39, 0.29) is 0 Å². The Kier molecular flexibility index (Phi) is 12.8. The zero-order valence-corrected chi connectivity index (χ0v) is 10.6. The van der Waals surface area contributed by atoms with E-state index >= 15 is 0 Å². The van der Waals surface area contributed by atoms with Crippen LogP contribution in [0.5, 0.6) is 0 Å². The van der Waals surface area contributed by atoms with E-state index in [1.807, 2.05) is 6.92 Å². The van der Waals surface area contributed by atoms with Gasteiger partial charge in [0.25, 0.3) is 0 Å². The molecule has 0 atom stereocenters. The second kappa shape index (κ2) is 12.9. The molecule has 0 aliphatic rings. The van der Waals surface area contributed by atoms with Gasteiger partial charge in [-0.25, -0.2) is 0 Å². The minimum atomic E-state index is 1.22. The van der Waals surface area contributed by atoms with E-state index in [9.17, 15) is 0 Å². The summed E-state index contributed by atoms with van der Waals surface area (Å²) in [4.78, 5) is 0. The average molecular weight is 212 g/mol. The minimum Gasteiger partial charge on any atom is -0.0947 e. The zero-order valence-electron chi connectivity index (χ0n) is 9.77. The molecule has 0 radical (unpaired) electrons. The fourth-order valence-corrected chi connectivity index (χ4v) is 2.03. The van der Waals surface area contributed by atoms with Crippen LogP contribution in [0, 0.1) is 11.2 Å². The standard InChI is InChI=1S/C13H24S/c1-3-5-6-7-8-9-10-11-13-14-12-4-2/h3,5-11,13H2,1-2H3. The lowest BCUT2D eigenvalue weighted by Gasteiger charge is -1.99. The van der Waals surface area contributed by atoms with Crippen LogP contribution in [0.1, 0.15) is 65.2 Å². The second-order valence-electron chi connectivity index (χ2n) is 3.68. The molecule has 0 saturated carbocycles. The number of hydrogen-bond acceptors (Lipinski definition) is 1. The molecule has 0 bridgehead atoms. The maximum Gasteiger partial charge on any atom is 0.00566 e. The number of thioether (sulfide) groups is 1. The summed E-state index contributed by atoms with van der Waals surface area (Å²) in [7, 11) is 0. The van der Waals surface area contributed by atoms with Crippen molar-refractivity contribution in [3.05, 3.63) is 0 Å². The van der Waals surface area contributed by atoms with Crippen LogP contribution >= 0.6 is 11.8 Å². The largest absolute Gasteiger partial charge is 0.0947 e. The molecule has 0 spiro atoms. The van der Waals surface area contributed by atoms with Crippen LogP contribution in [-0.2, 0) is 0 Å². The Labute approximate surface area is 94.2 Å². The molecule has 0 amide bonds. The van der Waals surface area contributed by atoms with Crippen molar-refractivity contribution in [3.8, 4) is 11.2 Å². The lowest BCUT2D eigenvalue weighted by Crippen LogP contribution is -1.82. The molecular formula is C13H24S. The Morgan fingerprint density at radius 1 is 0.857 bits per heavy atom. The molecule has 0 fully saturated rings. The van der Waals surface area contributed by atoms with E-state index in [0.717, 1.165) is 0 Å². The molecule has 0 nitrogen and oxygen atoms in total. The van der Waals surface area contributed by atoms with Gasteiger partial charge in [0.05, 0.1) is 0 Å². The van der Waals surface area contributed by atoms with Crippen LogP contribution in [0.15, 0.2) is 0 Å². The molecule has 14 heavy (non-hydrogen) atoms. The molecule has 0 aliphatic heterocycles. The Bertz CT molecular complexity index is 152. The third-order valence-corrected chi connectivity index (χ3v) is 3.12. The number of rotatable bonds is 9. The molecule has 82 valence electrons. The predicted molar refractivity (Wildman–Crippen MR) is 68.5 cm³/mol. The predicted octanol–water partition coefficient (Wildman–Crippen LogP) is 4.84. The van der Waals surface area contributed by atoms with Crippen LogP contribution in [0.25, 0.3) is 0 Å². The van der Waals surface area contributed by atoms with E-state index in [0.29, 0.717) is 0 Å². The summed E-state index contributed by atoms with van der Waals surface area (Å²) in [5.41, 5.74) is 0. The highest BCUT2D eigenvalue weighted by Gasteiger charge is 1.90. The van der Waals surface area contributed by atoms with Crippen molar-refractivity contribution in [3.63, 3.8) is 0 Å². The molecule has 0 aromatic rings. The fourth-order valence-electron chi connectivity index (χ4n) is 1.43. The molecule has 0 saturated heterocycles. The second-order valence-corrected chi connectivity index (χ2v) is 4.58. The van der Waals surface area contributed by atoms with Crippen LogP contribution < -0.4 is 0 Å². The van der Waals surface area contributed by atoms with Crippen molar-refractivity contribution in [1.29, 1.82) is 0 Å². The van der Waals surface area contributed by atoms with Gasteiger partial charge < -0.3 is 0 Å². The summed E-state index contributed by atoms with van der Waals surface area (Å²) < 4.78 is 0. The maximum atomic E-state index is 3.03. The molecular weight excluding hydrogens is 188 g/mol. The van der Waals surface area contributed by atoms with Gasteiger partial charge in [0.2, 0.25) is 0 Å². The molecule has 0 aliphatic carbocycles. The topological polar surface area (TPSA) is 0 Å². The smallest absolute Gasteiger partial charge is 0.00566 e. The summed E-state index contributed by atoms with van der Waals surface area (Å²) in [6.45, 7) is 4.17. The summed E-state index contributed by atoms with van der Waals surface area (Å²) in [5.74, 6) is 4.12. The first-order chi connectivity index (χ1) is 6.91. The van der Waals surface area contributed by atoms with Crippen LogP contribution in [0.4, 0.5) is 0 Å². The molecule has 0 N–H and O–H groups in total. The van der Waals surface area contributed by atoms with Crippen molar-refractivity contribution < 1.29 is 0 Å². The van der Waals surface area contributed by atoms with Gasteiger partial charge in [-0.1, -0.05) is 69.6 Å². The molecule has 0 heterocycles. The first kappa shape index (κ1) is 13.9. The van der Waals surface area contributed by atoms with Gasteiger partial charge >= 0.3 is 0 Å². The zero-order chi connectivity index (χ0) is 10.5.